The van der Waals surface area contributed by atoms with E-state index in [0.29, 0.717) is 0 Å². The van der Waals surface area contributed by atoms with Gasteiger partial charge in [0.1, 0.15) is 0 Å². The number of aryl methyl sites for hydroxylation is 4. The topological polar surface area (TPSA) is 65.3 Å². The lowest BCUT2D eigenvalue weighted by molar-refractivity contribution is -0.790. The molecule has 0 saturated heterocycles. The molecule has 0 aliphatic carbocycles. The van der Waals surface area contributed by atoms with E-state index in [1.165, 1.54) is 39.0 Å². The van der Waals surface area contributed by atoms with E-state index < -0.39 is 5.91 Å². The van der Waals surface area contributed by atoms with Crippen molar-refractivity contribution < 1.29 is 9.15 Å². The molecule has 1 spiro atoms. The Balaban J connectivity index is 1.27. The Labute approximate surface area is 295 Å². The minimum atomic E-state index is -0.956. The van der Waals surface area contributed by atoms with Gasteiger partial charge < -0.3 is 0 Å². The minimum Gasteiger partial charge on any atom is -0.193 e. The Hall–Kier alpha value is -4.88. The second kappa shape index (κ2) is 8.82. The molecular weight excluding hydrogens is 685 g/mol. The van der Waals surface area contributed by atoms with Crippen LogP contribution in [0, 0.1) is 27.7 Å². The van der Waals surface area contributed by atoms with Crippen LogP contribution in [0.4, 0.5) is 11.6 Å². The van der Waals surface area contributed by atoms with Gasteiger partial charge in [-0.3, -0.25) is 0 Å². The van der Waals surface area contributed by atoms with Crippen molar-refractivity contribution in [3.8, 4) is 20.9 Å². The number of aliphatic imine (C=N–C) groups is 2. The highest BCUT2D eigenvalue weighted by atomic mass is 32.1. The standard InChI is InChI=1S/C37H24N8S4/c1-17-5-9-25(46-17)21-13-29-39-34-23(27-11-7-19(3)48-27)15-31-41-36-24(28-12-8-20(4)49-28)16-32-40-35-22(26-10-6-18(2)47-26)14-30-38-33(21)42(29)37(43(30)35,44(31)34)45(32)36/h5-16H,1-4H3/q+2. The molecule has 0 amide bonds. The number of thiophene rings is 4. The summed E-state index contributed by atoms with van der Waals surface area (Å²) in [5, 5.41) is 0. The average Bonchev–Trinajstić information content (AvgIpc) is 3.92. The van der Waals surface area contributed by atoms with E-state index >= 15 is 0 Å². The minimum absolute atomic E-state index is 0.869. The first-order valence-electron chi connectivity index (χ1n) is 16.1. The molecule has 0 aromatic carbocycles. The van der Waals surface area contributed by atoms with Crippen molar-refractivity contribution >= 4 is 91.5 Å². The fourth-order valence-electron chi connectivity index (χ4n) is 7.98. The first kappa shape index (κ1) is 27.0. The quantitative estimate of drug-likeness (QED) is 0.170. The molecule has 0 fully saturated rings. The summed E-state index contributed by atoms with van der Waals surface area (Å²) in [6, 6.07) is 22.1. The van der Waals surface area contributed by atoms with E-state index in [0.717, 1.165) is 68.2 Å². The van der Waals surface area contributed by atoms with E-state index in [4.69, 9.17) is 20.0 Å². The molecule has 0 radical (unpaired) electrons. The molecular formula is C37H24N8S4+2. The normalized spacial score (nSPS) is 20.2. The summed E-state index contributed by atoms with van der Waals surface area (Å²) in [6.07, 6.45) is 4.47. The van der Waals surface area contributed by atoms with E-state index in [9.17, 15) is 0 Å². The molecule has 12 heteroatoms. The molecule has 234 valence electrons. The van der Waals surface area contributed by atoms with Crippen LogP contribution in [-0.2, 0) is 5.91 Å². The Morgan fingerprint density at radius 1 is 0.592 bits per heavy atom. The van der Waals surface area contributed by atoms with E-state index in [-0.39, 0.29) is 0 Å². The molecule has 0 bridgehead atoms. The number of nitrogens with zero attached hydrogens (tertiary/aromatic N) is 8. The van der Waals surface area contributed by atoms with Crippen LogP contribution in [0.25, 0.3) is 32.0 Å². The molecule has 6 aliphatic heterocycles. The zero-order valence-corrected chi connectivity index (χ0v) is 29.9. The summed E-state index contributed by atoms with van der Waals surface area (Å²) >= 11 is 7.17. The third-order valence-corrected chi connectivity index (χ3v) is 14.1. The van der Waals surface area contributed by atoms with Crippen molar-refractivity contribution in [1.29, 1.82) is 0 Å². The van der Waals surface area contributed by atoms with E-state index in [1.807, 2.05) is 0 Å². The van der Waals surface area contributed by atoms with Crippen molar-refractivity contribution in [3.05, 3.63) is 113 Å². The fraction of sp³-hybridized carbons (Fsp3) is 0.135. The van der Waals surface area contributed by atoms with Crippen LogP contribution >= 0.6 is 45.3 Å². The molecule has 6 aromatic rings. The monoisotopic (exact) mass is 708 g/mol. The van der Waals surface area contributed by atoms with Crippen LogP contribution in [0.3, 0.4) is 0 Å². The van der Waals surface area contributed by atoms with Crippen molar-refractivity contribution in [2.75, 3.05) is 0 Å². The maximum atomic E-state index is 5.48. The van der Waals surface area contributed by atoms with E-state index in [1.54, 1.807) is 45.3 Å². The molecule has 6 aromatic heterocycles. The van der Waals surface area contributed by atoms with Gasteiger partial charge in [-0.1, -0.05) is 20.0 Å². The van der Waals surface area contributed by atoms with Crippen molar-refractivity contribution in [2.45, 2.75) is 33.6 Å². The van der Waals surface area contributed by atoms with Crippen LogP contribution in [0.15, 0.2) is 92.8 Å². The van der Waals surface area contributed by atoms with Gasteiger partial charge >= 0.3 is 5.91 Å². The maximum absolute atomic E-state index is 5.48. The Morgan fingerprint density at radius 3 is 1.88 bits per heavy atom. The summed E-state index contributed by atoms with van der Waals surface area (Å²) in [5.41, 5.74) is 6.11. The van der Waals surface area contributed by atoms with Gasteiger partial charge in [-0.2, -0.15) is 9.13 Å². The van der Waals surface area contributed by atoms with Crippen LogP contribution in [-0.4, -0.2) is 41.6 Å². The smallest absolute Gasteiger partial charge is 0.193 e. The predicted molar refractivity (Wildman–Crippen MR) is 199 cm³/mol. The second-order valence-corrected chi connectivity index (χ2v) is 18.1. The molecule has 12 rings (SSSR count). The third-order valence-electron chi connectivity index (χ3n) is 9.93. The zero-order chi connectivity index (χ0) is 32.5. The van der Waals surface area contributed by atoms with Gasteiger partial charge in [0.2, 0.25) is 22.6 Å². The largest absolute Gasteiger partial charge is 0.404 e. The number of amidine groups is 4. The third kappa shape index (κ3) is 3.19. The fourth-order valence-corrected chi connectivity index (χ4v) is 11.5. The summed E-state index contributed by atoms with van der Waals surface area (Å²) in [6.45, 7) is 8.64. The molecule has 49 heavy (non-hydrogen) atoms. The predicted octanol–water partition coefficient (Wildman–Crippen LogP) is 7.59. The average molecular weight is 709 g/mol. The first-order valence-corrected chi connectivity index (χ1v) is 19.3. The van der Waals surface area contributed by atoms with Gasteiger partial charge in [0.15, 0.2) is 0 Å². The van der Waals surface area contributed by atoms with Crippen LogP contribution < -0.4 is 11.0 Å². The Morgan fingerprint density at radius 2 is 1.22 bits per heavy atom. The van der Waals surface area contributed by atoms with Gasteiger partial charge in [-0.05, 0) is 76.2 Å². The number of hydrogen-bond acceptors (Lipinski definition) is 8. The SMILES string of the molecule is Cc1ccc(C2=CC3=[N+]4C2=Nc2cc(-c5ccc(C)s5)c5n2C42n4c(cc(-c6ccc(C)s6)c4=N3)=NC3=[N+]2C(=N5)C=C3c2ccc(C)s2)s1. The Bertz CT molecular complexity index is 2930. The van der Waals surface area contributed by atoms with Gasteiger partial charge in [-0.25, -0.2) is 0 Å². The maximum Gasteiger partial charge on any atom is 0.404 e. The van der Waals surface area contributed by atoms with Gasteiger partial charge in [0.05, 0.1) is 22.3 Å². The molecule has 0 saturated carbocycles. The lowest BCUT2D eigenvalue weighted by atomic mass is 10.2. The molecule has 8 nitrogen and oxygen atoms in total. The number of aromatic nitrogens is 2. The summed E-state index contributed by atoms with van der Waals surface area (Å²) in [5.74, 6) is 4.34. The highest BCUT2D eigenvalue weighted by molar-refractivity contribution is 7.16. The summed E-state index contributed by atoms with van der Waals surface area (Å²) in [7, 11) is 0. The van der Waals surface area contributed by atoms with E-state index in [2.05, 4.69) is 119 Å². The van der Waals surface area contributed by atoms with Crippen molar-refractivity contribution in [1.82, 2.24) is 9.13 Å². The lowest BCUT2D eigenvalue weighted by Crippen LogP contribution is -2.71. The molecule has 6 aliphatic rings. The summed E-state index contributed by atoms with van der Waals surface area (Å²) in [4.78, 5) is 31.7. The Kier molecular flexibility index (Phi) is 4.86. The molecule has 12 heterocycles. The second-order valence-electron chi connectivity index (χ2n) is 13.0. The van der Waals surface area contributed by atoms with Gasteiger partial charge in [0, 0.05) is 63.3 Å². The highest BCUT2D eigenvalue weighted by Gasteiger charge is 2.68. The highest BCUT2D eigenvalue weighted by Crippen LogP contribution is 2.53. The molecule has 0 N–H and O–H groups in total. The first-order chi connectivity index (χ1) is 23.9. The number of rotatable bonds is 4. The van der Waals surface area contributed by atoms with Crippen molar-refractivity contribution in [2.24, 2.45) is 20.0 Å². The van der Waals surface area contributed by atoms with Gasteiger partial charge in [-0.15, -0.1) is 54.5 Å². The lowest BCUT2D eigenvalue weighted by Gasteiger charge is -2.40. The van der Waals surface area contributed by atoms with Crippen molar-refractivity contribution in [3.63, 3.8) is 0 Å². The molecule has 1 atom stereocenters. The van der Waals surface area contributed by atoms with Crippen LogP contribution in [0.5, 0.6) is 0 Å². The zero-order valence-electron chi connectivity index (χ0n) is 26.6. The number of hydrogen-bond donors (Lipinski definition) is 0. The van der Waals surface area contributed by atoms with Gasteiger partial charge in [0.25, 0.3) is 23.3 Å². The van der Waals surface area contributed by atoms with Crippen LogP contribution in [0.2, 0.25) is 0 Å². The molecule has 1 unspecified atom stereocenters. The van der Waals surface area contributed by atoms with Crippen LogP contribution in [0.1, 0.15) is 29.3 Å². The summed E-state index contributed by atoms with van der Waals surface area (Å²) < 4.78 is 9.38.